The van der Waals surface area contributed by atoms with E-state index in [4.69, 9.17) is 20.4 Å². The number of benzene rings is 2. The average Bonchev–Trinajstić information content (AvgIpc) is 4.12. The Bertz CT molecular complexity index is 3010. The molecule has 0 radical (unpaired) electrons. The van der Waals surface area contributed by atoms with Crippen molar-refractivity contribution in [3.8, 4) is 22.6 Å². The number of ether oxygens (including phenoxy) is 1. The topological polar surface area (TPSA) is 281 Å². The van der Waals surface area contributed by atoms with Crippen LogP contribution in [0, 0.1) is 18.7 Å². The summed E-state index contributed by atoms with van der Waals surface area (Å²) in [4.78, 5) is 109. The van der Waals surface area contributed by atoms with Gasteiger partial charge < -0.3 is 36.7 Å². The van der Waals surface area contributed by atoms with Gasteiger partial charge in [0.2, 0.25) is 17.7 Å². The quantitative estimate of drug-likeness (QED) is 0.0326. The number of fused-ring (bicyclic) bond motifs is 1. The zero-order chi connectivity index (χ0) is 52.7. The molecule has 5 heterocycles. The lowest BCUT2D eigenvalue weighted by atomic mass is 10.0. The maximum Gasteiger partial charge on any atom is 0.410 e. The zero-order valence-electron chi connectivity index (χ0n) is 41.2. The second-order valence-electron chi connectivity index (χ2n) is 18.0. The molecule has 6 aromatic rings. The number of pyridine rings is 2. The molecular formula is C52H58FN13O8. The SMILES string of the molecule is Cc1cccc(-c2nc(CN(Cc3ccccc3F)C(=O)OCc3ccc(NC(=O)[C@H](CCCNC(N)=O)NC(=O)C(NC(=O)CCCCCN4C(=O)C=CC4=O)C(C)C)cc3)[nH]c2-c2ccc3ncnn3c2)n1. The summed E-state index contributed by atoms with van der Waals surface area (Å²) in [5.41, 5.74) is 10.3. The molecule has 0 spiro atoms. The molecule has 386 valence electrons. The molecule has 0 aliphatic carbocycles. The number of carbonyl (C=O) groups excluding carboxylic acids is 7. The number of hydrogen-bond acceptors (Lipinski definition) is 12. The Morgan fingerprint density at radius 1 is 0.851 bits per heavy atom. The van der Waals surface area contributed by atoms with Crippen LogP contribution in [0.15, 0.2) is 104 Å². The number of carbonyl (C=O) groups is 7. The van der Waals surface area contributed by atoms with E-state index in [-0.39, 0.29) is 81.3 Å². The van der Waals surface area contributed by atoms with E-state index in [9.17, 15) is 33.6 Å². The Morgan fingerprint density at radius 3 is 2.35 bits per heavy atom. The van der Waals surface area contributed by atoms with Gasteiger partial charge in [0.05, 0.1) is 24.5 Å². The number of H-pyrrole nitrogens is 1. The fourth-order valence-corrected chi connectivity index (χ4v) is 8.09. The molecule has 1 aliphatic rings. The van der Waals surface area contributed by atoms with Crippen molar-refractivity contribution in [3.63, 3.8) is 0 Å². The number of aromatic nitrogens is 6. The van der Waals surface area contributed by atoms with Crippen LogP contribution in [0.5, 0.6) is 0 Å². The van der Waals surface area contributed by atoms with Crippen LogP contribution >= 0.6 is 0 Å². The van der Waals surface area contributed by atoms with E-state index in [1.54, 1.807) is 67.0 Å². The lowest BCUT2D eigenvalue weighted by Gasteiger charge is -2.25. The molecule has 0 saturated heterocycles. The van der Waals surface area contributed by atoms with E-state index >= 15 is 4.39 Å². The number of anilines is 1. The number of rotatable bonds is 24. The summed E-state index contributed by atoms with van der Waals surface area (Å²) >= 11 is 0. The van der Waals surface area contributed by atoms with E-state index in [2.05, 4.69) is 36.3 Å². The van der Waals surface area contributed by atoms with Crippen molar-refractivity contribution in [2.45, 2.75) is 91.1 Å². The van der Waals surface area contributed by atoms with Crippen LogP contribution < -0.4 is 27.0 Å². The second-order valence-corrected chi connectivity index (χ2v) is 18.0. The second kappa shape index (κ2) is 25.0. The fourth-order valence-electron chi connectivity index (χ4n) is 8.09. The number of nitrogens with one attached hydrogen (secondary N) is 5. The van der Waals surface area contributed by atoms with Crippen molar-refractivity contribution >= 4 is 53.0 Å². The molecule has 22 heteroatoms. The molecule has 0 saturated carbocycles. The summed E-state index contributed by atoms with van der Waals surface area (Å²) in [6.07, 6.45) is 6.96. The number of imidazole rings is 1. The molecule has 2 atom stereocenters. The Balaban J connectivity index is 0.987. The molecule has 7 N–H and O–H groups in total. The molecule has 4 aromatic heterocycles. The molecule has 0 fully saturated rings. The third kappa shape index (κ3) is 14.4. The van der Waals surface area contributed by atoms with Gasteiger partial charge in [-0.2, -0.15) is 5.10 Å². The van der Waals surface area contributed by atoms with Gasteiger partial charge in [0.25, 0.3) is 11.8 Å². The van der Waals surface area contributed by atoms with Crippen LogP contribution in [0.1, 0.15) is 75.0 Å². The highest BCUT2D eigenvalue weighted by Gasteiger charge is 2.30. The molecule has 74 heavy (non-hydrogen) atoms. The van der Waals surface area contributed by atoms with Crippen molar-refractivity contribution in [3.05, 3.63) is 132 Å². The zero-order valence-corrected chi connectivity index (χ0v) is 41.2. The van der Waals surface area contributed by atoms with Crippen LogP contribution in [-0.4, -0.2) is 106 Å². The van der Waals surface area contributed by atoms with Gasteiger partial charge in [-0.3, -0.25) is 38.8 Å². The Kier molecular flexibility index (Phi) is 17.9. The van der Waals surface area contributed by atoms with Gasteiger partial charge in [0.15, 0.2) is 5.65 Å². The number of nitrogens with two attached hydrogens (primary N) is 1. The Labute approximate surface area is 425 Å². The first kappa shape index (κ1) is 53.0. The molecule has 1 aliphatic heterocycles. The summed E-state index contributed by atoms with van der Waals surface area (Å²) in [6.45, 7) is 5.33. The minimum atomic E-state index is -1.09. The van der Waals surface area contributed by atoms with Gasteiger partial charge in [-0.1, -0.05) is 56.7 Å². The first-order valence-corrected chi connectivity index (χ1v) is 24.2. The van der Waals surface area contributed by atoms with Gasteiger partial charge in [0.1, 0.15) is 42.4 Å². The van der Waals surface area contributed by atoms with Crippen molar-refractivity contribution in [1.29, 1.82) is 0 Å². The molecule has 21 nitrogen and oxygen atoms in total. The Morgan fingerprint density at radius 2 is 1.62 bits per heavy atom. The minimum Gasteiger partial charge on any atom is -0.445 e. The van der Waals surface area contributed by atoms with Gasteiger partial charge in [-0.05, 0) is 86.6 Å². The number of urea groups is 1. The highest BCUT2D eigenvalue weighted by molar-refractivity contribution is 6.12. The molecule has 0 bridgehead atoms. The fraction of sp³-hybridized carbons (Fsp3) is 0.327. The van der Waals surface area contributed by atoms with Gasteiger partial charge in [0, 0.05) is 60.4 Å². The van der Waals surface area contributed by atoms with E-state index in [1.165, 1.54) is 29.4 Å². The number of nitrogens with zero attached hydrogens (tertiary/aromatic N) is 7. The van der Waals surface area contributed by atoms with E-state index in [0.29, 0.717) is 59.1 Å². The van der Waals surface area contributed by atoms with Gasteiger partial charge >= 0.3 is 12.1 Å². The summed E-state index contributed by atoms with van der Waals surface area (Å²) in [6, 6.07) is 19.1. The lowest BCUT2D eigenvalue weighted by Crippen LogP contribution is -2.54. The molecular weight excluding hydrogens is 954 g/mol. The van der Waals surface area contributed by atoms with Crippen molar-refractivity contribution < 1.29 is 42.7 Å². The highest BCUT2D eigenvalue weighted by Crippen LogP contribution is 2.30. The number of amides is 8. The first-order chi connectivity index (χ1) is 35.6. The van der Waals surface area contributed by atoms with Crippen molar-refractivity contribution in [2.24, 2.45) is 11.7 Å². The predicted octanol–water partition coefficient (Wildman–Crippen LogP) is 5.47. The monoisotopic (exact) mass is 1010 g/mol. The van der Waals surface area contributed by atoms with Crippen LogP contribution in [0.3, 0.4) is 0 Å². The number of unbranched alkanes of at least 4 members (excludes halogenated alkanes) is 2. The number of halogens is 1. The van der Waals surface area contributed by atoms with Crippen LogP contribution in [0.4, 0.5) is 19.7 Å². The summed E-state index contributed by atoms with van der Waals surface area (Å²) in [5, 5.41) is 15.1. The van der Waals surface area contributed by atoms with E-state index in [0.717, 1.165) is 16.2 Å². The summed E-state index contributed by atoms with van der Waals surface area (Å²) < 4.78 is 22.5. The minimum absolute atomic E-state index is 0.101. The summed E-state index contributed by atoms with van der Waals surface area (Å²) in [5.74, 6) is -2.74. The van der Waals surface area contributed by atoms with Gasteiger partial charge in [-0.25, -0.2) is 28.5 Å². The van der Waals surface area contributed by atoms with Crippen LogP contribution in [0.25, 0.3) is 28.3 Å². The number of hydrogen-bond donors (Lipinski definition) is 6. The number of imide groups is 1. The standard InChI is InChI=1S/C52H58FN13O8/c1-32(2)46(63-43(67)16-5-4-8-26-65-44(68)23-24-45(65)69)50(71)60-40(15-10-25-55-51(54)72)49(70)59-37-20-17-34(18-21-37)30-74-52(73)64(27-35-12-6-7-13-38(35)53)29-41-61-47(36-19-22-42-56-31-57-66(42)28-36)48(62-41)39-14-9-11-33(3)58-39/h6-7,9,11-14,17-24,28,31-32,40,46H,4-5,8,10,15-16,25-27,29-30H2,1-3H3,(H,59,70)(H,60,71)(H,61,62)(H,63,67)(H3,54,55,72)/t40-,46?/m0/s1. The van der Waals surface area contributed by atoms with Crippen LogP contribution in [-0.2, 0) is 48.4 Å². The Hall–Kier alpha value is -8.82. The highest BCUT2D eigenvalue weighted by atomic mass is 19.1. The maximum atomic E-state index is 15.1. The van der Waals surface area contributed by atoms with E-state index in [1.807, 2.05) is 37.3 Å². The maximum absolute atomic E-state index is 15.1. The largest absolute Gasteiger partial charge is 0.445 e. The lowest BCUT2D eigenvalue weighted by molar-refractivity contribution is -0.137. The van der Waals surface area contributed by atoms with Crippen molar-refractivity contribution in [1.82, 2.24) is 55.3 Å². The molecule has 1 unspecified atom stereocenters. The predicted molar refractivity (Wildman–Crippen MR) is 269 cm³/mol. The third-order valence-electron chi connectivity index (χ3n) is 12.0. The first-order valence-electron chi connectivity index (χ1n) is 24.2. The smallest absolute Gasteiger partial charge is 0.410 e. The normalized spacial score (nSPS) is 13.0. The molecule has 2 aromatic carbocycles. The van der Waals surface area contributed by atoms with Crippen LogP contribution in [0.2, 0.25) is 0 Å². The number of aryl methyl sites for hydroxylation is 1. The number of primary amides is 1. The summed E-state index contributed by atoms with van der Waals surface area (Å²) in [7, 11) is 0. The average molecular weight is 1010 g/mol. The third-order valence-corrected chi connectivity index (χ3v) is 12.0. The number of aromatic amines is 1. The van der Waals surface area contributed by atoms with Crippen molar-refractivity contribution in [2.75, 3.05) is 18.4 Å². The van der Waals surface area contributed by atoms with Gasteiger partial charge in [-0.15, -0.1) is 0 Å². The molecule has 8 amide bonds. The molecule has 7 rings (SSSR count). The van der Waals surface area contributed by atoms with E-state index < -0.39 is 41.8 Å².